The van der Waals surface area contributed by atoms with Gasteiger partial charge < -0.3 is 20.2 Å². The Morgan fingerprint density at radius 3 is 2.76 bits per heavy atom. The van der Waals surface area contributed by atoms with Crippen molar-refractivity contribution in [2.24, 2.45) is 0 Å². The van der Waals surface area contributed by atoms with Crippen molar-refractivity contribution in [3.63, 3.8) is 0 Å². The molecule has 5 nitrogen and oxygen atoms in total. The van der Waals surface area contributed by atoms with Crippen LogP contribution in [0.1, 0.15) is 50.2 Å². The second kappa shape index (κ2) is 7.34. The molecule has 4 rings (SSSR count). The largest absolute Gasteiger partial charge is 0.387 e. The van der Waals surface area contributed by atoms with Crippen LogP contribution in [0.25, 0.3) is 0 Å². The first-order chi connectivity index (χ1) is 12.2. The number of piperidine rings is 1. The van der Waals surface area contributed by atoms with Crippen LogP contribution in [0.3, 0.4) is 0 Å². The first-order valence-electron chi connectivity index (χ1n) is 9.75. The molecule has 1 saturated carbocycles. The fraction of sp³-hybridized carbons (Fsp3) is 0.650. The van der Waals surface area contributed by atoms with Gasteiger partial charge in [0.2, 0.25) is 0 Å². The van der Waals surface area contributed by atoms with Gasteiger partial charge in [0.1, 0.15) is 0 Å². The van der Waals surface area contributed by atoms with Gasteiger partial charge in [-0.15, -0.1) is 0 Å². The van der Waals surface area contributed by atoms with Crippen LogP contribution in [0.5, 0.6) is 0 Å². The summed E-state index contributed by atoms with van der Waals surface area (Å²) in [4.78, 5) is 17.3. The van der Waals surface area contributed by atoms with Crippen LogP contribution in [0.4, 0.5) is 4.79 Å². The van der Waals surface area contributed by atoms with E-state index in [1.807, 2.05) is 35.2 Å². The molecule has 1 aromatic carbocycles. The number of amides is 2. The number of nitrogens with zero attached hydrogens (tertiary/aromatic N) is 2. The van der Waals surface area contributed by atoms with Crippen molar-refractivity contribution in [2.45, 2.75) is 62.8 Å². The first kappa shape index (κ1) is 16.9. The number of hydrogen-bond acceptors (Lipinski definition) is 3. The molecule has 2 N–H and O–H groups in total. The van der Waals surface area contributed by atoms with E-state index >= 15 is 0 Å². The molecule has 3 unspecified atom stereocenters. The lowest BCUT2D eigenvalue weighted by molar-refractivity contribution is 0.111. The van der Waals surface area contributed by atoms with Crippen LogP contribution in [0.2, 0.25) is 0 Å². The minimum Gasteiger partial charge on any atom is -0.387 e. The van der Waals surface area contributed by atoms with E-state index < -0.39 is 6.10 Å². The minimum absolute atomic E-state index is 0.00827. The number of carbonyl (C=O) groups is 1. The molecule has 2 saturated heterocycles. The van der Waals surface area contributed by atoms with Crippen molar-refractivity contribution in [1.82, 2.24) is 15.1 Å². The number of fused-ring (bicyclic) bond motifs is 1. The molecule has 0 spiro atoms. The van der Waals surface area contributed by atoms with E-state index in [2.05, 4.69) is 10.2 Å². The summed E-state index contributed by atoms with van der Waals surface area (Å²) in [5, 5.41) is 13.8. The van der Waals surface area contributed by atoms with Gasteiger partial charge in [-0.25, -0.2) is 4.79 Å². The van der Waals surface area contributed by atoms with Crippen molar-refractivity contribution in [2.75, 3.05) is 19.6 Å². The third-order valence-electron chi connectivity index (χ3n) is 5.95. The molecule has 2 heterocycles. The molecule has 0 radical (unpaired) electrons. The molecule has 0 bridgehead atoms. The van der Waals surface area contributed by atoms with Crippen molar-refractivity contribution in [3.05, 3.63) is 35.9 Å². The summed E-state index contributed by atoms with van der Waals surface area (Å²) in [5.41, 5.74) is 0.875. The fourth-order valence-corrected chi connectivity index (χ4v) is 4.36. The van der Waals surface area contributed by atoms with Crippen LogP contribution in [0.15, 0.2) is 30.3 Å². The number of rotatable bonds is 5. The van der Waals surface area contributed by atoms with Gasteiger partial charge in [0.25, 0.3) is 0 Å². The smallest absolute Gasteiger partial charge is 0.317 e. The molecule has 5 heteroatoms. The number of carbonyl (C=O) groups excluding carboxylic acids is 1. The summed E-state index contributed by atoms with van der Waals surface area (Å²) >= 11 is 0. The fourth-order valence-electron chi connectivity index (χ4n) is 4.36. The standard InChI is InChI=1S/C20H29N3O2/c24-19(15-5-2-1-3-6-15)14-23(17-8-9-17)20(25)21-16-10-12-22-11-4-7-18(22)13-16/h1-3,5-6,16-19,24H,4,7-14H2,(H,21,25). The van der Waals surface area contributed by atoms with Crippen LogP contribution in [0, 0.1) is 0 Å². The maximum Gasteiger partial charge on any atom is 0.317 e. The van der Waals surface area contributed by atoms with Gasteiger partial charge in [-0.1, -0.05) is 30.3 Å². The lowest BCUT2D eigenvalue weighted by Crippen LogP contribution is -2.52. The first-order valence-corrected chi connectivity index (χ1v) is 9.75. The van der Waals surface area contributed by atoms with E-state index in [1.54, 1.807) is 0 Å². The minimum atomic E-state index is -0.621. The third kappa shape index (κ3) is 3.98. The van der Waals surface area contributed by atoms with Crippen molar-refractivity contribution < 1.29 is 9.90 Å². The molecular formula is C20H29N3O2. The zero-order valence-corrected chi connectivity index (χ0v) is 14.8. The van der Waals surface area contributed by atoms with Gasteiger partial charge in [-0.05, 0) is 50.6 Å². The highest BCUT2D eigenvalue weighted by Gasteiger charge is 2.37. The zero-order valence-electron chi connectivity index (χ0n) is 14.8. The lowest BCUT2D eigenvalue weighted by atomic mass is 9.98. The second-order valence-corrected chi connectivity index (χ2v) is 7.81. The Hall–Kier alpha value is -1.59. The monoisotopic (exact) mass is 343 g/mol. The molecule has 2 aliphatic heterocycles. The summed E-state index contributed by atoms with van der Waals surface area (Å²) in [7, 11) is 0. The van der Waals surface area contributed by atoms with Crippen LogP contribution in [-0.4, -0.2) is 58.7 Å². The number of benzene rings is 1. The Kier molecular flexibility index (Phi) is 4.95. The van der Waals surface area contributed by atoms with Crippen molar-refractivity contribution in [1.29, 1.82) is 0 Å². The molecule has 1 aliphatic carbocycles. The van der Waals surface area contributed by atoms with Gasteiger partial charge in [0, 0.05) is 24.7 Å². The van der Waals surface area contributed by atoms with Crippen LogP contribution < -0.4 is 5.32 Å². The topological polar surface area (TPSA) is 55.8 Å². The number of urea groups is 1. The Balaban J connectivity index is 1.35. The van der Waals surface area contributed by atoms with Crippen LogP contribution in [-0.2, 0) is 0 Å². The predicted molar refractivity (Wildman–Crippen MR) is 97.3 cm³/mol. The van der Waals surface area contributed by atoms with Crippen LogP contribution >= 0.6 is 0 Å². The van der Waals surface area contributed by atoms with E-state index in [1.165, 1.54) is 19.4 Å². The molecule has 25 heavy (non-hydrogen) atoms. The van der Waals surface area contributed by atoms with Gasteiger partial charge >= 0.3 is 6.03 Å². The summed E-state index contributed by atoms with van der Waals surface area (Å²) in [6.45, 7) is 2.71. The van der Waals surface area contributed by atoms with E-state index in [9.17, 15) is 9.90 Å². The quantitative estimate of drug-likeness (QED) is 0.864. The van der Waals surface area contributed by atoms with E-state index in [0.717, 1.165) is 37.8 Å². The Morgan fingerprint density at radius 1 is 1.20 bits per heavy atom. The normalized spacial score (nSPS) is 27.6. The lowest BCUT2D eigenvalue weighted by Gasteiger charge is -2.36. The highest BCUT2D eigenvalue weighted by molar-refractivity contribution is 5.75. The van der Waals surface area contributed by atoms with Gasteiger partial charge in [-0.3, -0.25) is 0 Å². The number of nitrogens with one attached hydrogen (secondary N) is 1. The maximum atomic E-state index is 12.8. The summed E-state index contributed by atoms with van der Waals surface area (Å²) in [6.07, 6.45) is 6.16. The van der Waals surface area contributed by atoms with E-state index in [4.69, 9.17) is 0 Å². The molecule has 0 aromatic heterocycles. The summed E-state index contributed by atoms with van der Waals surface area (Å²) in [5.74, 6) is 0. The molecular weight excluding hydrogens is 314 g/mol. The van der Waals surface area contributed by atoms with E-state index in [0.29, 0.717) is 18.6 Å². The molecule has 3 fully saturated rings. The van der Waals surface area contributed by atoms with Crippen molar-refractivity contribution in [3.8, 4) is 0 Å². The number of aliphatic hydroxyl groups is 1. The molecule has 2 amide bonds. The zero-order chi connectivity index (χ0) is 17.2. The SMILES string of the molecule is O=C(NC1CCN2CCCC2C1)N(CC(O)c1ccccc1)C1CC1. The number of aliphatic hydroxyl groups excluding tert-OH is 1. The maximum absolute atomic E-state index is 12.8. The molecule has 1 aromatic rings. The molecule has 3 aliphatic rings. The molecule has 136 valence electrons. The average Bonchev–Trinajstić information content (AvgIpc) is 3.37. The van der Waals surface area contributed by atoms with Crippen molar-refractivity contribution >= 4 is 6.03 Å². The average molecular weight is 343 g/mol. The molecule has 3 atom stereocenters. The van der Waals surface area contributed by atoms with Gasteiger partial charge in [0.15, 0.2) is 0 Å². The van der Waals surface area contributed by atoms with Gasteiger partial charge in [-0.2, -0.15) is 0 Å². The highest BCUT2D eigenvalue weighted by atomic mass is 16.3. The highest BCUT2D eigenvalue weighted by Crippen LogP contribution is 2.30. The van der Waals surface area contributed by atoms with E-state index in [-0.39, 0.29) is 12.1 Å². The summed E-state index contributed by atoms with van der Waals surface area (Å²) in [6, 6.07) is 10.9. The Labute approximate surface area is 150 Å². The summed E-state index contributed by atoms with van der Waals surface area (Å²) < 4.78 is 0. The second-order valence-electron chi connectivity index (χ2n) is 7.81. The number of hydrogen-bond donors (Lipinski definition) is 2. The van der Waals surface area contributed by atoms with Gasteiger partial charge in [0.05, 0.1) is 12.6 Å². The Morgan fingerprint density at radius 2 is 2.00 bits per heavy atom. The predicted octanol–water partition coefficient (Wildman–Crippen LogP) is 2.52. The third-order valence-corrected chi connectivity index (χ3v) is 5.95. The Bertz CT molecular complexity index is 590.